The molecule has 6 rings (SSSR count). The van der Waals surface area contributed by atoms with Gasteiger partial charge in [-0.05, 0) is 32.1 Å². The minimum absolute atomic E-state index is 0.183. The van der Waals surface area contributed by atoms with Crippen molar-refractivity contribution in [1.82, 2.24) is 0 Å². The van der Waals surface area contributed by atoms with Gasteiger partial charge in [0, 0.05) is 0 Å². The van der Waals surface area contributed by atoms with E-state index in [1.807, 2.05) is 103 Å². The fourth-order valence-electron chi connectivity index (χ4n) is 7.04. The van der Waals surface area contributed by atoms with E-state index in [1.165, 1.54) is 10.4 Å². The molecular formula is C44H50O6Si. The third-order valence-corrected chi connectivity index (χ3v) is 14.6. The van der Waals surface area contributed by atoms with Gasteiger partial charge in [0.1, 0.15) is 30.5 Å². The lowest BCUT2D eigenvalue weighted by Gasteiger charge is -2.47. The van der Waals surface area contributed by atoms with Gasteiger partial charge in [-0.25, -0.2) is 0 Å². The lowest BCUT2D eigenvalue weighted by atomic mass is 9.94. The molecule has 0 radical (unpaired) electrons. The second-order valence-electron chi connectivity index (χ2n) is 14.2. The first-order chi connectivity index (χ1) is 24.8. The summed E-state index contributed by atoms with van der Waals surface area (Å²) >= 11 is 0. The molecule has 5 atom stereocenters. The Labute approximate surface area is 304 Å². The monoisotopic (exact) mass is 702 g/mol. The van der Waals surface area contributed by atoms with Crippen molar-refractivity contribution in [2.24, 2.45) is 0 Å². The van der Waals surface area contributed by atoms with Gasteiger partial charge < -0.3 is 28.5 Å². The molecule has 266 valence electrons. The standard InChI is InChI=1S/C44H50O6Si/c1-44(2,3)51(37-25-15-7-16-26-37,38-27-17-8-18-28-38)49-33-40-42(47-30-35-21-11-5-12-22-35)43(48-31-36-23-13-6-14-24-36)41(45)39(50-40)32-46-29-34-19-9-4-10-20-34/h4-28,39-43,45H,29-33H2,1-3H3/t39-,40+,41-,42+,43+/m1/s1. The molecule has 0 aliphatic carbocycles. The third kappa shape index (κ3) is 9.12. The van der Waals surface area contributed by atoms with Crippen molar-refractivity contribution in [2.45, 2.75) is 76.1 Å². The Morgan fingerprint density at radius 2 is 0.941 bits per heavy atom. The highest BCUT2D eigenvalue weighted by atomic mass is 28.4. The normalized spacial score (nSPS) is 21.0. The van der Waals surface area contributed by atoms with E-state index in [1.54, 1.807) is 0 Å². The van der Waals surface area contributed by atoms with Crippen LogP contribution in [0.5, 0.6) is 0 Å². The summed E-state index contributed by atoms with van der Waals surface area (Å²) in [7, 11) is -2.92. The maximum atomic E-state index is 12.0. The highest BCUT2D eigenvalue weighted by molar-refractivity contribution is 6.99. The lowest BCUT2D eigenvalue weighted by Crippen LogP contribution is -2.68. The molecule has 0 amide bonds. The van der Waals surface area contributed by atoms with Crippen molar-refractivity contribution in [1.29, 1.82) is 0 Å². The van der Waals surface area contributed by atoms with E-state index in [0.29, 0.717) is 19.8 Å². The molecule has 6 nitrogen and oxygen atoms in total. The van der Waals surface area contributed by atoms with Crippen molar-refractivity contribution < 1.29 is 28.5 Å². The molecule has 1 N–H and O–H groups in total. The maximum absolute atomic E-state index is 12.0. The molecule has 7 heteroatoms. The molecule has 1 heterocycles. The predicted octanol–water partition coefficient (Wildman–Crippen LogP) is 7.08. The van der Waals surface area contributed by atoms with Gasteiger partial charge in [0.2, 0.25) is 0 Å². The molecule has 5 aromatic rings. The zero-order chi connectivity index (χ0) is 35.5. The van der Waals surface area contributed by atoms with E-state index in [2.05, 4.69) is 69.3 Å². The van der Waals surface area contributed by atoms with Gasteiger partial charge in [0.15, 0.2) is 0 Å². The molecule has 0 spiro atoms. The molecule has 1 fully saturated rings. The molecule has 0 bridgehead atoms. The Morgan fingerprint density at radius 3 is 1.39 bits per heavy atom. The summed E-state index contributed by atoms with van der Waals surface area (Å²) in [5.74, 6) is 0. The number of rotatable bonds is 15. The number of ether oxygens (including phenoxy) is 4. The molecule has 0 saturated carbocycles. The van der Waals surface area contributed by atoms with Crippen LogP contribution in [-0.4, -0.2) is 57.2 Å². The van der Waals surface area contributed by atoms with Crippen LogP contribution in [0.2, 0.25) is 5.04 Å². The Bertz CT molecular complexity index is 1680. The van der Waals surface area contributed by atoms with Crippen molar-refractivity contribution in [3.05, 3.63) is 168 Å². The quantitative estimate of drug-likeness (QED) is 0.118. The summed E-state index contributed by atoms with van der Waals surface area (Å²) in [6.45, 7) is 8.26. The van der Waals surface area contributed by atoms with Crippen LogP contribution in [-0.2, 0) is 43.2 Å². The van der Waals surface area contributed by atoms with Crippen molar-refractivity contribution in [3.63, 3.8) is 0 Å². The van der Waals surface area contributed by atoms with Crippen LogP contribution in [0.15, 0.2) is 152 Å². The zero-order valence-electron chi connectivity index (χ0n) is 29.8. The molecular weight excluding hydrogens is 653 g/mol. The summed E-state index contributed by atoms with van der Waals surface area (Å²) in [5.41, 5.74) is 3.08. The summed E-state index contributed by atoms with van der Waals surface area (Å²) in [6.07, 6.45) is -3.58. The number of aliphatic hydroxyl groups is 1. The Hall–Kier alpha value is -3.92. The molecule has 1 aliphatic rings. The van der Waals surface area contributed by atoms with Gasteiger partial charge >= 0.3 is 0 Å². The van der Waals surface area contributed by atoms with Gasteiger partial charge in [-0.1, -0.05) is 172 Å². The molecule has 1 aliphatic heterocycles. The fourth-order valence-corrected chi connectivity index (χ4v) is 11.6. The summed E-state index contributed by atoms with van der Waals surface area (Å²) in [6, 6.07) is 51.3. The van der Waals surface area contributed by atoms with Gasteiger partial charge in [-0.3, -0.25) is 0 Å². The highest BCUT2D eigenvalue weighted by Crippen LogP contribution is 2.38. The van der Waals surface area contributed by atoms with E-state index in [4.69, 9.17) is 23.4 Å². The Kier molecular flexibility index (Phi) is 12.7. The van der Waals surface area contributed by atoms with Crippen LogP contribution in [0.25, 0.3) is 0 Å². The van der Waals surface area contributed by atoms with Crippen molar-refractivity contribution in [2.75, 3.05) is 13.2 Å². The molecule has 0 unspecified atom stereocenters. The molecule has 5 aromatic carbocycles. The average Bonchev–Trinajstić information content (AvgIpc) is 3.16. The lowest BCUT2D eigenvalue weighted by molar-refractivity contribution is -0.264. The van der Waals surface area contributed by atoms with Crippen LogP contribution in [0, 0.1) is 0 Å². The fraction of sp³-hybridized carbons (Fsp3) is 0.318. The number of aliphatic hydroxyl groups excluding tert-OH is 1. The summed E-state index contributed by atoms with van der Waals surface area (Å²) in [4.78, 5) is 0. The minimum Gasteiger partial charge on any atom is -0.405 e. The molecule has 0 aromatic heterocycles. The average molecular weight is 703 g/mol. The minimum atomic E-state index is -2.92. The second kappa shape index (κ2) is 17.5. The van der Waals surface area contributed by atoms with Gasteiger partial charge in [0.25, 0.3) is 8.32 Å². The summed E-state index contributed by atoms with van der Waals surface area (Å²) in [5, 5.41) is 14.1. The first-order valence-electron chi connectivity index (χ1n) is 17.9. The van der Waals surface area contributed by atoms with Crippen LogP contribution in [0.1, 0.15) is 37.5 Å². The maximum Gasteiger partial charge on any atom is 0.261 e. The van der Waals surface area contributed by atoms with E-state index in [-0.39, 0.29) is 18.3 Å². The highest BCUT2D eigenvalue weighted by Gasteiger charge is 2.53. The van der Waals surface area contributed by atoms with Crippen LogP contribution >= 0.6 is 0 Å². The number of benzene rings is 5. The van der Waals surface area contributed by atoms with Crippen LogP contribution in [0.4, 0.5) is 0 Å². The van der Waals surface area contributed by atoms with Crippen molar-refractivity contribution >= 4 is 18.7 Å². The smallest absolute Gasteiger partial charge is 0.261 e. The first-order valence-corrected chi connectivity index (χ1v) is 19.8. The van der Waals surface area contributed by atoms with E-state index >= 15 is 0 Å². The van der Waals surface area contributed by atoms with Crippen molar-refractivity contribution in [3.8, 4) is 0 Å². The van der Waals surface area contributed by atoms with Gasteiger partial charge in [0.05, 0.1) is 33.0 Å². The molecule has 1 saturated heterocycles. The Balaban J connectivity index is 1.34. The van der Waals surface area contributed by atoms with E-state index in [9.17, 15) is 5.11 Å². The zero-order valence-corrected chi connectivity index (χ0v) is 30.8. The largest absolute Gasteiger partial charge is 0.405 e. The Morgan fingerprint density at radius 1 is 0.529 bits per heavy atom. The topological polar surface area (TPSA) is 66.4 Å². The predicted molar refractivity (Wildman–Crippen MR) is 204 cm³/mol. The van der Waals surface area contributed by atoms with E-state index < -0.39 is 38.8 Å². The van der Waals surface area contributed by atoms with E-state index in [0.717, 1.165) is 16.7 Å². The molecule has 51 heavy (non-hydrogen) atoms. The number of hydrogen-bond acceptors (Lipinski definition) is 6. The third-order valence-electron chi connectivity index (χ3n) is 9.60. The van der Waals surface area contributed by atoms with Gasteiger partial charge in [-0.15, -0.1) is 0 Å². The first kappa shape index (κ1) is 36.9. The van der Waals surface area contributed by atoms with Crippen LogP contribution < -0.4 is 10.4 Å². The number of hydrogen-bond donors (Lipinski definition) is 1. The second-order valence-corrected chi connectivity index (χ2v) is 18.5. The van der Waals surface area contributed by atoms with Crippen LogP contribution in [0.3, 0.4) is 0 Å². The van der Waals surface area contributed by atoms with Gasteiger partial charge in [-0.2, -0.15) is 0 Å². The SMILES string of the molecule is CC(C)(C)[Si](OC[C@@H]1O[C@H](COCc2ccccc2)[C@@H](O)[C@H](OCc2ccccc2)[C@H]1OCc1ccccc1)(c1ccccc1)c1ccccc1. The summed E-state index contributed by atoms with van der Waals surface area (Å²) < 4.78 is 33.8.